The molecular weight excluding hydrogens is 162 g/mol. The molecular formula is C6H9N3OS. The van der Waals surface area contributed by atoms with Gasteiger partial charge in [-0.15, -0.1) is 0 Å². The van der Waals surface area contributed by atoms with E-state index in [0.29, 0.717) is 4.84 Å². The SMILES string of the molecule is S=c1nc(CN2CCC2)[nH]o1. The third-order valence-corrected chi connectivity index (χ3v) is 1.98. The van der Waals surface area contributed by atoms with Crippen LogP contribution >= 0.6 is 12.2 Å². The number of nitrogens with zero attached hydrogens (tertiary/aromatic N) is 2. The van der Waals surface area contributed by atoms with E-state index in [4.69, 9.17) is 16.7 Å². The van der Waals surface area contributed by atoms with Crippen molar-refractivity contribution in [2.24, 2.45) is 0 Å². The zero-order chi connectivity index (χ0) is 7.68. The van der Waals surface area contributed by atoms with Gasteiger partial charge in [-0.05, 0) is 31.7 Å². The van der Waals surface area contributed by atoms with Gasteiger partial charge in [-0.2, -0.15) is 4.98 Å². The van der Waals surface area contributed by atoms with Crippen LogP contribution in [0.15, 0.2) is 4.52 Å². The van der Waals surface area contributed by atoms with Crippen LogP contribution in [0.25, 0.3) is 0 Å². The lowest BCUT2D eigenvalue weighted by Gasteiger charge is -2.29. The van der Waals surface area contributed by atoms with Crippen LogP contribution in [-0.4, -0.2) is 28.1 Å². The van der Waals surface area contributed by atoms with E-state index in [1.165, 1.54) is 6.42 Å². The Balaban J connectivity index is 2.00. The average molecular weight is 171 g/mol. The van der Waals surface area contributed by atoms with E-state index in [0.717, 1.165) is 25.5 Å². The van der Waals surface area contributed by atoms with Gasteiger partial charge in [0.05, 0.1) is 6.54 Å². The molecule has 0 atom stereocenters. The molecule has 2 heterocycles. The Bertz CT molecular complexity index is 288. The van der Waals surface area contributed by atoms with Gasteiger partial charge in [-0.3, -0.25) is 4.90 Å². The fraction of sp³-hybridized carbons (Fsp3) is 0.667. The summed E-state index contributed by atoms with van der Waals surface area (Å²) in [6, 6.07) is 0. The first kappa shape index (κ1) is 7.00. The Labute approximate surface area is 69.2 Å². The lowest BCUT2D eigenvalue weighted by atomic mass is 10.2. The minimum absolute atomic E-state index is 0.292. The fourth-order valence-electron chi connectivity index (χ4n) is 1.08. The Hall–Kier alpha value is -0.680. The molecule has 1 saturated heterocycles. The van der Waals surface area contributed by atoms with Gasteiger partial charge in [0.1, 0.15) is 0 Å². The zero-order valence-corrected chi connectivity index (χ0v) is 6.86. The second-order valence-corrected chi connectivity index (χ2v) is 3.01. The van der Waals surface area contributed by atoms with Gasteiger partial charge in [0, 0.05) is 0 Å². The van der Waals surface area contributed by atoms with E-state index in [1.807, 2.05) is 0 Å². The van der Waals surface area contributed by atoms with Gasteiger partial charge < -0.3 is 4.52 Å². The summed E-state index contributed by atoms with van der Waals surface area (Å²) in [6.45, 7) is 3.15. The van der Waals surface area contributed by atoms with E-state index < -0.39 is 0 Å². The molecule has 4 nitrogen and oxygen atoms in total. The van der Waals surface area contributed by atoms with Crippen molar-refractivity contribution in [2.45, 2.75) is 13.0 Å². The van der Waals surface area contributed by atoms with Crippen molar-refractivity contribution in [3.8, 4) is 0 Å². The molecule has 2 rings (SSSR count). The molecule has 0 bridgehead atoms. The van der Waals surface area contributed by atoms with Crippen molar-refractivity contribution in [1.82, 2.24) is 15.0 Å². The Morgan fingerprint density at radius 3 is 2.91 bits per heavy atom. The molecule has 0 radical (unpaired) electrons. The van der Waals surface area contributed by atoms with Gasteiger partial charge in [-0.25, -0.2) is 5.16 Å². The minimum atomic E-state index is 0.292. The molecule has 1 N–H and O–H groups in total. The topological polar surface area (TPSA) is 45.1 Å². The number of hydrogen-bond donors (Lipinski definition) is 1. The first-order chi connectivity index (χ1) is 5.34. The summed E-state index contributed by atoms with van der Waals surface area (Å²) >= 11 is 4.71. The van der Waals surface area contributed by atoms with Crippen molar-refractivity contribution in [2.75, 3.05) is 13.1 Å². The van der Waals surface area contributed by atoms with Gasteiger partial charge in [0.2, 0.25) is 0 Å². The molecule has 1 aliphatic heterocycles. The smallest absolute Gasteiger partial charge is 0.314 e. The third kappa shape index (κ3) is 1.49. The first-order valence-corrected chi connectivity index (χ1v) is 4.02. The summed E-state index contributed by atoms with van der Waals surface area (Å²) in [5, 5.41) is 2.67. The summed E-state index contributed by atoms with van der Waals surface area (Å²) in [5.41, 5.74) is 0. The van der Waals surface area contributed by atoms with Crippen molar-refractivity contribution in [1.29, 1.82) is 0 Å². The molecule has 0 aromatic carbocycles. The normalized spacial score (nSPS) is 18.2. The quantitative estimate of drug-likeness (QED) is 0.672. The van der Waals surface area contributed by atoms with E-state index in [9.17, 15) is 0 Å². The Kier molecular flexibility index (Phi) is 1.75. The Morgan fingerprint density at radius 1 is 1.64 bits per heavy atom. The molecule has 11 heavy (non-hydrogen) atoms. The second-order valence-electron chi connectivity index (χ2n) is 2.66. The molecule has 0 unspecified atom stereocenters. The van der Waals surface area contributed by atoms with Crippen molar-refractivity contribution in [3.63, 3.8) is 0 Å². The average Bonchev–Trinajstić information content (AvgIpc) is 2.27. The molecule has 0 amide bonds. The molecule has 5 heteroatoms. The number of nitrogens with one attached hydrogen (secondary N) is 1. The lowest BCUT2D eigenvalue weighted by molar-refractivity contribution is 0.166. The minimum Gasteiger partial charge on any atom is -0.348 e. The highest BCUT2D eigenvalue weighted by atomic mass is 32.1. The van der Waals surface area contributed by atoms with E-state index in [-0.39, 0.29) is 0 Å². The summed E-state index contributed by atoms with van der Waals surface area (Å²) in [4.78, 5) is 6.56. The van der Waals surface area contributed by atoms with Crippen LogP contribution in [0.4, 0.5) is 0 Å². The van der Waals surface area contributed by atoms with Gasteiger partial charge >= 0.3 is 4.84 Å². The van der Waals surface area contributed by atoms with Gasteiger partial charge in [-0.1, -0.05) is 0 Å². The molecule has 0 aliphatic carbocycles. The summed E-state index contributed by atoms with van der Waals surface area (Å²) in [6.07, 6.45) is 1.29. The van der Waals surface area contributed by atoms with Gasteiger partial charge in [0.25, 0.3) is 0 Å². The highest BCUT2D eigenvalue weighted by Gasteiger charge is 2.14. The zero-order valence-electron chi connectivity index (χ0n) is 6.04. The molecule has 1 aromatic heterocycles. The molecule has 1 aliphatic rings. The second kappa shape index (κ2) is 2.75. The van der Waals surface area contributed by atoms with E-state index in [2.05, 4.69) is 15.0 Å². The number of aromatic nitrogens is 2. The summed E-state index contributed by atoms with van der Waals surface area (Å²) in [5.74, 6) is 0.828. The maximum absolute atomic E-state index is 4.79. The van der Waals surface area contributed by atoms with Crippen LogP contribution < -0.4 is 0 Å². The standard InChI is InChI=1S/C6H9N3OS/c11-6-7-5(8-10-6)4-9-2-1-3-9/h1-4H2,(H,7,8,11). The van der Waals surface area contributed by atoms with E-state index in [1.54, 1.807) is 0 Å². The summed E-state index contributed by atoms with van der Waals surface area (Å²) in [7, 11) is 0. The molecule has 0 saturated carbocycles. The van der Waals surface area contributed by atoms with Gasteiger partial charge in [0.15, 0.2) is 5.82 Å². The number of hydrogen-bond acceptors (Lipinski definition) is 4. The predicted octanol–water partition coefficient (Wildman–Crippen LogP) is 0.938. The van der Waals surface area contributed by atoms with Crippen LogP contribution in [0.3, 0.4) is 0 Å². The van der Waals surface area contributed by atoms with Crippen molar-refractivity contribution >= 4 is 12.2 Å². The fourth-order valence-corrected chi connectivity index (χ4v) is 1.23. The number of aromatic amines is 1. The van der Waals surface area contributed by atoms with Crippen LogP contribution in [-0.2, 0) is 6.54 Å². The van der Waals surface area contributed by atoms with Crippen LogP contribution in [0.2, 0.25) is 0 Å². The Morgan fingerprint density at radius 2 is 2.45 bits per heavy atom. The van der Waals surface area contributed by atoms with E-state index >= 15 is 0 Å². The first-order valence-electron chi connectivity index (χ1n) is 3.61. The van der Waals surface area contributed by atoms with Crippen LogP contribution in [0, 0.1) is 4.84 Å². The monoisotopic (exact) mass is 171 g/mol. The molecule has 1 fully saturated rings. The largest absolute Gasteiger partial charge is 0.348 e. The van der Waals surface area contributed by atoms with Crippen LogP contribution in [0.1, 0.15) is 12.2 Å². The summed E-state index contributed by atoms with van der Waals surface area (Å²) < 4.78 is 4.79. The highest BCUT2D eigenvalue weighted by Crippen LogP contribution is 2.08. The van der Waals surface area contributed by atoms with Crippen molar-refractivity contribution in [3.05, 3.63) is 10.7 Å². The lowest BCUT2D eigenvalue weighted by Crippen LogP contribution is -2.36. The third-order valence-electron chi connectivity index (χ3n) is 1.80. The molecule has 60 valence electrons. The number of rotatable bonds is 2. The predicted molar refractivity (Wildman–Crippen MR) is 41.6 cm³/mol. The molecule has 0 spiro atoms. The maximum atomic E-state index is 4.79. The maximum Gasteiger partial charge on any atom is 0.314 e. The molecule has 1 aromatic rings. The highest BCUT2D eigenvalue weighted by molar-refractivity contribution is 7.71. The van der Waals surface area contributed by atoms with Crippen LogP contribution in [0.5, 0.6) is 0 Å². The number of H-pyrrole nitrogens is 1. The van der Waals surface area contributed by atoms with Crippen molar-refractivity contribution < 1.29 is 4.52 Å². The number of likely N-dealkylation sites (tertiary alicyclic amines) is 1.